The summed E-state index contributed by atoms with van der Waals surface area (Å²) in [5, 5.41) is 2.74. The zero-order valence-electron chi connectivity index (χ0n) is 12.7. The second-order valence-electron chi connectivity index (χ2n) is 5.15. The predicted molar refractivity (Wildman–Crippen MR) is 85.5 cm³/mol. The van der Waals surface area contributed by atoms with Gasteiger partial charge in [0.15, 0.2) is 6.10 Å². The number of rotatable bonds is 5. The Bertz CT molecular complexity index is 652. The zero-order valence-corrected chi connectivity index (χ0v) is 12.7. The number of ether oxygens (including phenoxy) is 1. The van der Waals surface area contributed by atoms with Crippen LogP contribution in [0.3, 0.4) is 0 Å². The van der Waals surface area contributed by atoms with E-state index in [4.69, 9.17) is 4.74 Å². The van der Waals surface area contributed by atoms with Crippen LogP contribution in [0, 0.1) is 6.92 Å². The number of benzene rings is 2. The maximum absolute atomic E-state index is 12.0. The Morgan fingerprint density at radius 1 is 1.09 bits per heavy atom. The summed E-state index contributed by atoms with van der Waals surface area (Å²) in [4.78, 5) is 23.9. The fourth-order valence-electron chi connectivity index (χ4n) is 2.02. The number of aryl methyl sites for hydroxylation is 1. The molecule has 0 saturated heterocycles. The second kappa shape index (κ2) is 7.41. The van der Waals surface area contributed by atoms with Crippen molar-refractivity contribution in [1.29, 1.82) is 0 Å². The number of amides is 1. The average molecular weight is 297 g/mol. The van der Waals surface area contributed by atoms with E-state index in [1.54, 1.807) is 13.0 Å². The Labute approximate surface area is 130 Å². The van der Waals surface area contributed by atoms with Crippen LogP contribution >= 0.6 is 0 Å². The summed E-state index contributed by atoms with van der Waals surface area (Å²) in [5.41, 5.74) is 2.60. The maximum atomic E-state index is 12.0. The molecule has 0 saturated carbocycles. The summed E-state index contributed by atoms with van der Waals surface area (Å²) >= 11 is 0. The molecule has 4 nitrogen and oxygen atoms in total. The number of hydrogen-bond donors (Lipinski definition) is 1. The number of carbonyl (C=O) groups excluding carboxylic acids is 2. The summed E-state index contributed by atoms with van der Waals surface area (Å²) in [6.45, 7) is 3.51. The first kappa shape index (κ1) is 15.8. The Hall–Kier alpha value is -2.62. The maximum Gasteiger partial charge on any atom is 0.311 e. The van der Waals surface area contributed by atoms with Gasteiger partial charge in [0.1, 0.15) is 0 Å². The molecule has 22 heavy (non-hydrogen) atoms. The second-order valence-corrected chi connectivity index (χ2v) is 5.15. The first-order valence-electron chi connectivity index (χ1n) is 7.15. The molecule has 1 amide bonds. The minimum Gasteiger partial charge on any atom is -0.452 e. The fourth-order valence-corrected chi connectivity index (χ4v) is 2.02. The van der Waals surface area contributed by atoms with Crippen molar-refractivity contribution in [3.63, 3.8) is 0 Å². The molecule has 0 unspecified atom stereocenters. The monoisotopic (exact) mass is 297 g/mol. The molecule has 0 heterocycles. The highest BCUT2D eigenvalue weighted by atomic mass is 16.5. The van der Waals surface area contributed by atoms with Gasteiger partial charge in [-0.05, 0) is 37.1 Å². The van der Waals surface area contributed by atoms with Crippen LogP contribution in [0.15, 0.2) is 54.6 Å². The summed E-state index contributed by atoms with van der Waals surface area (Å²) in [6, 6.07) is 16.7. The van der Waals surface area contributed by atoms with Gasteiger partial charge in [-0.2, -0.15) is 0 Å². The standard InChI is InChI=1S/C18H19NO3/c1-13-7-6-10-16(11-13)19-18(21)14(2)22-17(20)12-15-8-4-3-5-9-15/h3-11,14H,12H2,1-2H3,(H,19,21)/t14-/m0/s1. The zero-order chi connectivity index (χ0) is 15.9. The van der Waals surface area contributed by atoms with Gasteiger partial charge in [-0.15, -0.1) is 0 Å². The molecule has 0 radical (unpaired) electrons. The van der Waals surface area contributed by atoms with Crippen LogP contribution in [0.25, 0.3) is 0 Å². The minimum absolute atomic E-state index is 0.156. The van der Waals surface area contributed by atoms with Crippen molar-refractivity contribution < 1.29 is 14.3 Å². The van der Waals surface area contributed by atoms with Crippen LogP contribution in [0.2, 0.25) is 0 Å². The lowest BCUT2D eigenvalue weighted by molar-refractivity contribution is -0.152. The van der Waals surface area contributed by atoms with Crippen LogP contribution in [0.5, 0.6) is 0 Å². The molecular formula is C18H19NO3. The molecule has 2 rings (SSSR count). The van der Waals surface area contributed by atoms with Gasteiger partial charge in [0.2, 0.25) is 0 Å². The number of anilines is 1. The lowest BCUT2D eigenvalue weighted by atomic mass is 10.1. The van der Waals surface area contributed by atoms with Gasteiger partial charge in [-0.1, -0.05) is 42.5 Å². The molecule has 0 aliphatic carbocycles. The number of nitrogens with one attached hydrogen (secondary N) is 1. The molecule has 1 atom stereocenters. The van der Waals surface area contributed by atoms with Crippen molar-refractivity contribution in [2.45, 2.75) is 26.4 Å². The molecule has 0 spiro atoms. The summed E-state index contributed by atoms with van der Waals surface area (Å²) < 4.78 is 5.17. The lowest BCUT2D eigenvalue weighted by Crippen LogP contribution is -2.30. The van der Waals surface area contributed by atoms with Crippen LogP contribution in [0.4, 0.5) is 5.69 Å². The van der Waals surface area contributed by atoms with E-state index < -0.39 is 12.1 Å². The van der Waals surface area contributed by atoms with Gasteiger partial charge in [-0.3, -0.25) is 9.59 Å². The van der Waals surface area contributed by atoms with Crippen LogP contribution in [0.1, 0.15) is 18.1 Å². The van der Waals surface area contributed by atoms with E-state index in [0.29, 0.717) is 5.69 Å². The Morgan fingerprint density at radius 2 is 1.82 bits per heavy atom. The highest BCUT2D eigenvalue weighted by Crippen LogP contribution is 2.11. The van der Waals surface area contributed by atoms with E-state index in [-0.39, 0.29) is 12.3 Å². The predicted octanol–water partition coefficient (Wildman–Crippen LogP) is 3.11. The molecule has 0 fully saturated rings. The molecule has 2 aromatic carbocycles. The number of hydrogen-bond acceptors (Lipinski definition) is 3. The molecular weight excluding hydrogens is 278 g/mol. The van der Waals surface area contributed by atoms with E-state index >= 15 is 0 Å². The van der Waals surface area contributed by atoms with Gasteiger partial charge in [0.05, 0.1) is 6.42 Å². The van der Waals surface area contributed by atoms with Gasteiger partial charge in [0, 0.05) is 5.69 Å². The van der Waals surface area contributed by atoms with Gasteiger partial charge in [-0.25, -0.2) is 0 Å². The summed E-state index contributed by atoms with van der Waals surface area (Å²) in [6.07, 6.45) is -0.681. The van der Waals surface area contributed by atoms with Crippen molar-refractivity contribution >= 4 is 17.6 Å². The first-order chi connectivity index (χ1) is 10.5. The Morgan fingerprint density at radius 3 is 2.50 bits per heavy atom. The van der Waals surface area contributed by atoms with Gasteiger partial charge < -0.3 is 10.1 Å². The third kappa shape index (κ3) is 4.74. The Balaban J connectivity index is 1.87. The molecule has 0 aliphatic rings. The van der Waals surface area contributed by atoms with Crippen molar-refractivity contribution in [3.8, 4) is 0 Å². The smallest absolute Gasteiger partial charge is 0.311 e. The van der Waals surface area contributed by atoms with E-state index in [1.165, 1.54) is 0 Å². The SMILES string of the molecule is Cc1cccc(NC(=O)[C@H](C)OC(=O)Cc2ccccc2)c1. The molecule has 4 heteroatoms. The molecule has 114 valence electrons. The summed E-state index contributed by atoms with van der Waals surface area (Å²) in [7, 11) is 0. The number of esters is 1. The van der Waals surface area contributed by atoms with Gasteiger partial charge >= 0.3 is 5.97 Å². The van der Waals surface area contributed by atoms with Crippen LogP contribution in [-0.4, -0.2) is 18.0 Å². The third-order valence-corrected chi connectivity index (χ3v) is 3.15. The highest BCUT2D eigenvalue weighted by Gasteiger charge is 2.18. The quantitative estimate of drug-likeness (QED) is 0.863. The molecule has 2 aromatic rings. The van der Waals surface area contributed by atoms with E-state index in [1.807, 2.05) is 55.5 Å². The molecule has 0 aliphatic heterocycles. The fraction of sp³-hybridized carbons (Fsp3) is 0.222. The van der Waals surface area contributed by atoms with E-state index in [2.05, 4.69) is 5.32 Å². The topological polar surface area (TPSA) is 55.4 Å². The highest BCUT2D eigenvalue weighted by molar-refractivity contribution is 5.95. The molecule has 0 aromatic heterocycles. The average Bonchev–Trinajstić information content (AvgIpc) is 2.48. The van der Waals surface area contributed by atoms with Crippen molar-refractivity contribution in [2.75, 3.05) is 5.32 Å². The summed E-state index contributed by atoms with van der Waals surface area (Å²) in [5.74, 6) is -0.759. The third-order valence-electron chi connectivity index (χ3n) is 3.15. The Kier molecular flexibility index (Phi) is 5.31. The van der Waals surface area contributed by atoms with Crippen molar-refractivity contribution in [3.05, 3.63) is 65.7 Å². The van der Waals surface area contributed by atoms with Crippen LogP contribution < -0.4 is 5.32 Å². The minimum atomic E-state index is -0.836. The molecule has 0 bridgehead atoms. The van der Waals surface area contributed by atoms with Crippen molar-refractivity contribution in [1.82, 2.24) is 0 Å². The first-order valence-corrected chi connectivity index (χ1v) is 7.15. The largest absolute Gasteiger partial charge is 0.452 e. The van der Waals surface area contributed by atoms with Gasteiger partial charge in [0.25, 0.3) is 5.91 Å². The van der Waals surface area contributed by atoms with E-state index in [0.717, 1.165) is 11.1 Å². The van der Waals surface area contributed by atoms with Crippen LogP contribution in [-0.2, 0) is 20.7 Å². The lowest BCUT2D eigenvalue weighted by Gasteiger charge is -2.14. The number of carbonyl (C=O) groups is 2. The van der Waals surface area contributed by atoms with Crippen molar-refractivity contribution in [2.24, 2.45) is 0 Å². The van der Waals surface area contributed by atoms with E-state index in [9.17, 15) is 9.59 Å². The molecule has 1 N–H and O–H groups in total. The normalized spacial score (nSPS) is 11.5.